The summed E-state index contributed by atoms with van der Waals surface area (Å²) in [7, 11) is 0. The first-order valence-corrected chi connectivity index (χ1v) is 2.39. The SMILES string of the molecule is C#CC1CCC1. The van der Waals surface area contributed by atoms with Crippen LogP contribution in [0.25, 0.3) is 0 Å². The summed E-state index contributed by atoms with van der Waals surface area (Å²) in [5, 5.41) is 0. The van der Waals surface area contributed by atoms with Gasteiger partial charge in [0.15, 0.2) is 0 Å². The average Bonchev–Trinajstić information content (AvgIpc) is 1.31. The fraction of sp³-hybridized carbons (Fsp3) is 0.667. The van der Waals surface area contributed by atoms with Crippen molar-refractivity contribution in [3.63, 3.8) is 0 Å². The quantitative estimate of drug-likeness (QED) is 0.386. The summed E-state index contributed by atoms with van der Waals surface area (Å²) < 4.78 is 0. The predicted molar refractivity (Wildman–Crippen MR) is 26.2 cm³/mol. The van der Waals surface area contributed by atoms with Gasteiger partial charge in [0.25, 0.3) is 0 Å². The molecule has 0 amide bonds. The van der Waals surface area contributed by atoms with Crippen LogP contribution in [0.2, 0.25) is 0 Å². The topological polar surface area (TPSA) is 0 Å². The highest BCUT2D eigenvalue weighted by Gasteiger charge is 2.12. The zero-order valence-corrected chi connectivity index (χ0v) is 3.78. The molecule has 1 aliphatic rings. The Kier molecular flexibility index (Phi) is 0.837. The van der Waals surface area contributed by atoms with Gasteiger partial charge < -0.3 is 0 Å². The molecule has 0 heteroatoms. The smallest absolute Gasteiger partial charge is 0.0200 e. The number of terminal acetylenes is 1. The van der Waals surface area contributed by atoms with Gasteiger partial charge in [-0.1, -0.05) is 6.42 Å². The molecule has 0 saturated heterocycles. The lowest BCUT2D eigenvalue weighted by molar-refractivity contribution is 0.402. The van der Waals surface area contributed by atoms with E-state index in [1.165, 1.54) is 19.3 Å². The Morgan fingerprint density at radius 2 is 2.17 bits per heavy atom. The third-order valence-electron chi connectivity index (χ3n) is 1.34. The van der Waals surface area contributed by atoms with Gasteiger partial charge in [0, 0.05) is 5.92 Å². The normalized spacial score (nSPS) is 21.8. The van der Waals surface area contributed by atoms with Crippen molar-refractivity contribution in [2.24, 2.45) is 5.92 Å². The Labute approximate surface area is 38.6 Å². The largest absolute Gasteiger partial charge is 0.120 e. The maximum absolute atomic E-state index is 5.08. The van der Waals surface area contributed by atoms with Crippen molar-refractivity contribution in [2.45, 2.75) is 19.3 Å². The van der Waals surface area contributed by atoms with Crippen LogP contribution in [0.3, 0.4) is 0 Å². The van der Waals surface area contributed by atoms with Crippen LogP contribution in [0.1, 0.15) is 19.3 Å². The molecule has 6 heavy (non-hydrogen) atoms. The first-order valence-electron chi connectivity index (χ1n) is 2.39. The van der Waals surface area contributed by atoms with Crippen LogP contribution in [-0.2, 0) is 0 Å². The molecular weight excluding hydrogens is 72.1 g/mol. The molecule has 0 bridgehead atoms. The fourth-order valence-electron chi connectivity index (χ4n) is 0.575. The van der Waals surface area contributed by atoms with Crippen LogP contribution in [0.4, 0.5) is 0 Å². The summed E-state index contributed by atoms with van der Waals surface area (Å²) >= 11 is 0. The number of rotatable bonds is 0. The van der Waals surface area contributed by atoms with Crippen molar-refractivity contribution >= 4 is 0 Å². The van der Waals surface area contributed by atoms with E-state index in [0.29, 0.717) is 5.92 Å². The molecule has 0 atom stereocenters. The van der Waals surface area contributed by atoms with Gasteiger partial charge in [-0.2, -0.15) is 0 Å². The van der Waals surface area contributed by atoms with E-state index in [-0.39, 0.29) is 0 Å². The number of hydrogen-bond donors (Lipinski definition) is 0. The van der Waals surface area contributed by atoms with Crippen molar-refractivity contribution in [1.82, 2.24) is 0 Å². The minimum Gasteiger partial charge on any atom is -0.120 e. The van der Waals surface area contributed by atoms with E-state index in [1.54, 1.807) is 0 Å². The molecule has 1 rings (SSSR count). The van der Waals surface area contributed by atoms with E-state index < -0.39 is 0 Å². The van der Waals surface area contributed by atoms with Crippen molar-refractivity contribution in [2.75, 3.05) is 0 Å². The molecule has 0 aromatic rings. The monoisotopic (exact) mass is 80.1 g/mol. The van der Waals surface area contributed by atoms with Crippen LogP contribution in [-0.4, -0.2) is 0 Å². The average molecular weight is 80.1 g/mol. The Morgan fingerprint density at radius 1 is 1.50 bits per heavy atom. The zero-order valence-electron chi connectivity index (χ0n) is 3.78. The lowest BCUT2D eigenvalue weighted by Crippen LogP contribution is -2.06. The first kappa shape index (κ1) is 3.74. The predicted octanol–water partition coefficient (Wildman–Crippen LogP) is 1.42. The molecule has 0 nitrogen and oxygen atoms in total. The van der Waals surface area contributed by atoms with Crippen LogP contribution < -0.4 is 0 Å². The van der Waals surface area contributed by atoms with E-state index in [4.69, 9.17) is 6.42 Å². The van der Waals surface area contributed by atoms with Crippen LogP contribution in [0.5, 0.6) is 0 Å². The molecule has 0 radical (unpaired) electrons. The first-order chi connectivity index (χ1) is 2.93. The van der Waals surface area contributed by atoms with E-state index in [0.717, 1.165) is 0 Å². The van der Waals surface area contributed by atoms with Crippen molar-refractivity contribution in [3.8, 4) is 12.3 Å². The Balaban J connectivity index is 2.22. The van der Waals surface area contributed by atoms with Crippen molar-refractivity contribution < 1.29 is 0 Å². The second-order valence-electron chi connectivity index (χ2n) is 1.79. The fourth-order valence-corrected chi connectivity index (χ4v) is 0.575. The van der Waals surface area contributed by atoms with Gasteiger partial charge in [-0.05, 0) is 12.8 Å². The maximum atomic E-state index is 5.08. The molecule has 1 fully saturated rings. The molecule has 0 N–H and O–H groups in total. The van der Waals surface area contributed by atoms with Crippen LogP contribution >= 0.6 is 0 Å². The second-order valence-corrected chi connectivity index (χ2v) is 1.79. The highest BCUT2D eigenvalue weighted by Crippen LogP contribution is 2.24. The van der Waals surface area contributed by atoms with E-state index >= 15 is 0 Å². The van der Waals surface area contributed by atoms with E-state index in [2.05, 4.69) is 5.92 Å². The van der Waals surface area contributed by atoms with Crippen LogP contribution in [0, 0.1) is 18.3 Å². The minimum absolute atomic E-state index is 0.644. The summed E-state index contributed by atoms with van der Waals surface area (Å²) in [6.07, 6.45) is 8.99. The third kappa shape index (κ3) is 0.408. The van der Waals surface area contributed by atoms with Crippen molar-refractivity contribution in [1.29, 1.82) is 0 Å². The Morgan fingerprint density at radius 3 is 2.17 bits per heavy atom. The van der Waals surface area contributed by atoms with Crippen molar-refractivity contribution in [3.05, 3.63) is 0 Å². The number of hydrogen-bond acceptors (Lipinski definition) is 0. The summed E-state index contributed by atoms with van der Waals surface area (Å²) in [4.78, 5) is 0. The van der Waals surface area contributed by atoms with E-state index in [1.807, 2.05) is 0 Å². The molecule has 0 aromatic heterocycles. The lowest BCUT2D eigenvalue weighted by atomic mass is 9.87. The molecule has 32 valence electrons. The Hall–Kier alpha value is -0.440. The zero-order chi connectivity index (χ0) is 4.41. The minimum atomic E-state index is 0.644. The third-order valence-corrected chi connectivity index (χ3v) is 1.34. The molecule has 0 spiro atoms. The highest BCUT2D eigenvalue weighted by molar-refractivity contribution is 4.96. The molecule has 0 unspecified atom stereocenters. The van der Waals surface area contributed by atoms with Gasteiger partial charge in [0.2, 0.25) is 0 Å². The second kappa shape index (κ2) is 1.34. The van der Waals surface area contributed by atoms with Gasteiger partial charge in [-0.25, -0.2) is 0 Å². The van der Waals surface area contributed by atoms with Gasteiger partial charge >= 0.3 is 0 Å². The summed E-state index contributed by atoms with van der Waals surface area (Å²) in [6, 6.07) is 0. The molecule has 0 aliphatic heterocycles. The lowest BCUT2D eigenvalue weighted by Gasteiger charge is -2.17. The summed E-state index contributed by atoms with van der Waals surface area (Å²) in [5.41, 5.74) is 0. The van der Waals surface area contributed by atoms with Gasteiger partial charge in [-0.3, -0.25) is 0 Å². The summed E-state index contributed by atoms with van der Waals surface area (Å²) in [6.45, 7) is 0. The molecule has 0 aromatic carbocycles. The van der Waals surface area contributed by atoms with Gasteiger partial charge in [0.1, 0.15) is 0 Å². The molecule has 1 saturated carbocycles. The Bertz CT molecular complexity index is 72.5. The standard InChI is InChI=1S/C6H8/c1-2-6-4-3-5-6/h1,6H,3-5H2. The van der Waals surface area contributed by atoms with Crippen LogP contribution in [0.15, 0.2) is 0 Å². The molecular formula is C6H8. The highest BCUT2D eigenvalue weighted by atomic mass is 14.2. The molecule has 0 heterocycles. The van der Waals surface area contributed by atoms with E-state index in [9.17, 15) is 0 Å². The maximum Gasteiger partial charge on any atom is 0.0200 e. The van der Waals surface area contributed by atoms with Gasteiger partial charge in [0.05, 0.1) is 0 Å². The van der Waals surface area contributed by atoms with Gasteiger partial charge in [-0.15, -0.1) is 12.3 Å². The molecule has 1 aliphatic carbocycles. The summed E-state index contributed by atoms with van der Waals surface area (Å²) in [5.74, 6) is 3.34.